The molecular formula is C22H20N2O2. The molecule has 2 aromatic carbocycles. The molecule has 0 saturated carbocycles. The molecule has 0 saturated heterocycles. The Labute approximate surface area is 152 Å². The molecule has 4 nitrogen and oxygen atoms in total. The second-order valence-electron chi connectivity index (χ2n) is 6.73. The first-order valence-electron chi connectivity index (χ1n) is 8.99. The molecule has 4 heteroatoms. The van der Waals surface area contributed by atoms with E-state index in [1.165, 1.54) is 11.1 Å². The van der Waals surface area contributed by atoms with Crippen molar-refractivity contribution >= 4 is 28.3 Å². The number of Topliss-reactive ketones (excluding diaryl/α,β-unsaturated/α-hetero) is 1. The molecule has 0 aliphatic heterocycles. The predicted molar refractivity (Wildman–Crippen MR) is 102 cm³/mol. The van der Waals surface area contributed by atoms with Crippen LogP contribution >= 0.6 is 0 Å². The van der Waals surface area contributed by atoms with Crippen LogP contribution in [-0.2, 0) is 17.6 Å². The molecule has 0 fully saturated rings. The number of pyridine rings is 1. The molecule has 4 rings (SSSR count). The number of nitrogens with one attached hydrogen (secondary N) is 1. The molecule has 1 N–H and O–H groups in total. The van der Waals surface area contributed by atoms with Gasteiger partial charge in [0.1, 0.15) is 0 Å². The summed E-state index contributed by atoms with van der Waals surface area (Å²) in [6.07, 6.45) is 5.34. The third-order valence-electron chi connectivity index (χ3n) is 4.87. The normalized spacial score (nSPS) is 12.8. The summed E-state index contributed by atoms with van der Waals surface area (Å²) < 4.78 is 0. The number of para-hydroxylation sites is 1. The highest BCUT2D eigenvalue weighted by Gasteiger charge is 2.15. The summed E-state index contributed by atoms with van der Waals surface area (Å²) in [7, 11) is 0. The lowest BCUT2D eigenvalue weighted by molar-refractivity contribution is -0.116. The van der Waals surface area contributed by atoms with Gasteiger partial charge >= 0.3 is 0 Å². The van der Waals surface area contributed by atoms with E-state index in [-0.39, 0.29) is 24.5 Å². The first kappa shape index (κ1) is 16.5. The van der Waals surface area contributed by atoms with Gasteiger partial charge in [-0.15, -0.1) is 0 Å². The molecule has 0 radical (unpaired) electrons. The highest BCUT2D eigenvalue weighted by molar-refractivity contribution is 6.00. The van der Waals surface area contributed by atoms with Gasteiger partial charge in [0.15, 0.2) is 5.78 Å². The number of benzene rings is 2. The number of hydrogen-bond donors (Lipinski definition) is 1. The number of aromatic nitrogens is 1. The number of aryl methyl sites for hydroxylation is 2. The Morgan fingerprint density at radius 1 is 0.962 bits per heavy atom. The zero-order chi connectivity index (χ0) is 17.9. The Kier molecular flexibility index (Phi) is 4.48. The van der Waals surface area contributed by atoms with E-state index in [0.29, 0.717) is 11.3 Å². The third kappa shape index (κ3) is 3.49. The van der Waals surface area contributed by atoms with Crippen molar-refractivity contribution in [2.45, 2.75) is 32.1 Å². The Balaban J connectivity index is 1.36. The van der Waals surface area contributed by atoms with E-state index in [4.69, 9.17) is 0 Å². The molecule has 3 aromatic rings. The molecular weight excluding hydrogens is 324 g/mol. The lowest BCUT2D eigenvalue weighted by atomic mass is 10.0. The lowest BCUT2D eigenvalue weighted by Crippen LogP contribution is -2.13. The molecule has 1 amide bonds. The van der Waals surface area contributed by atoms with Crippen LogP contribution in [0.25, 0.3) is 10.9 Å². The molecule has 1 aromatic heterocycles. The van der Waals surface area contributed by atoms with E-state index in [2.05, 4.69) is 16.4 Å². The maximum atomic E-state index is 12.4. The predicted octanol–water partition coefficient (Wildman–Crippen LogP) is 4.33. The molecule has 26 heavy (non-hydrogen) atoms. The van der Waals surface area contributed by atoms with Crippen LogP contribution in [0, 0.1) is 0 Å². The van der Waals surface area contributed by atoms with Crippen LogP contribution in [0.3, 0.4) is 0 Å². The molecule has 1 aliphatic rings. The van der Waals surface area contributed by atoms with E-state index in [0.717, 1.165) is 30.2 Å². The summed E-state index contributed by atoms with van der Waals surface area (Å²) >= 11 is 0. The molecule has 130 valence electrons. The number of nitrogens with zero attached hydrogens (tertiary/aromatic N) is 1. The van der Waals surface area contributed by atoms with Gasteiger partial charge in [-0.05, 0) is 48.6 Å². The van der Waals surface area contributed by atoms with E-state index >= 15 is 0 Å². The van der Waals surface area contributed by atoms with Crippen molar-refractivity contribution in [3.8, 4) is 0 Å². The van der Waals surface area contributed by atoms with Gasteiger partial charge in [-0.25, -0.2) is 0 Å². The molecule has 0 atom stereocenters. The summed E-state index contributed by atoms with van der Waals surface area (Å²) in [6.45, 7) is 0. The topological polar surface area (TPSA) is 59.1 Å². The van der Waals surface area contributed by atoms with Crippen molar-refractivity contribution in [1.29, 1.82) is 0 Å². The minimum atomic E-state index is -0.170. The van der Waals surface area contributed by atoms with Crippen LogP contribution in [-0.4, -0.2) is 16.7 Å². The zero-order valence-electron chi connectivity index (χ0n) is 14.5. The quantitative estimate of drug-likeness (QED) is 0.701. The monoisotopic (exact) mass is 344 g/mol. The largest absolute Gasteiger partial charge is 0.325 e. The smallest absolute Gasteiger partial charge is 0.224 e. The van der Waals surface area contributed by atoms with Crippen molar-refractivity contribution in [3.63, 3.8) is 0 Å². The molecule has 1 heterocycles. The van der Waals surface area contributed by atoms with Crippen molar-refractivity contribution in [2.75, 3.05) is 5.32 Å². The summed E-state index contributed by atoms with van der Waals surface area (Å²) in [5.74, 6) is -0.150. The number of ketones is 1. The highest BCUT2D eigenvalue weighted by atomic mass is 16.2. The van der Waals surface area contributed by atoms with Gasteiger partial charge in [0, 0.05) is 23.8 Å². The van der Waals surface area contributed by atoms with Gasteiger partial charge < -0.3 is 5.32 Å². The number of fused-ring (bicyclic) bond motifs is 2. The standard InChI is InChI=1S/C22H20N2O2/c25-21(18-9-8-15-5-3-6-16(15)12-18)10-11-22(26)24-19-13-17-4-1-2-7-20(17)23-14-19/h1-2,4,7-9,12-14H,3,5-6,10-11H2,(H,24,26). The molecule has 1 aliphatic carbocycles. The first-order valence-corrected chi connectivity index (χ1v) is 8.99. The van der Waals surface area contributed by atoms with E-state index in [1.54, 1.807) is 6.20 Å². The van der Waals surface area contributed by atoms with Gasteiger partial charge in [-0.3, -0.25) is 14.6 Å². The maximum absolute atomic E-state index is 12.4. The summed E-state index contributed by atoms with van der Waals surface area (Å²) in [6, 6.07) is 15.6. The third-order valence-corrected chi connectivity index (χ3v) is 4.87. The highest BCUT2D eigenvalue weighted by Crippen LogP contribution is 2.23. The maximum Gasteiger partial charge on any atom is 0.224 e. The van der Waals surface area contributed by atoms with Crippen LogP contribution in [0.1, 0.15) is 40.7 Å². The van der Waals surface area contributed by atoms with Crippen molar-refractivity contribution in [3.05, 3.63) is 71.4 Å². The number of carbonyl (C=O) groups is 2. The molecule has 0 bridgehead atoms. The minimum absolute atomic E-state index is 0.0199. The fraction of sp³-hybridized carbons (Fsp3) is 0.227. The lowest BCUT2D eigenvalue weighted by Gasteiger charge is -2.07. The van der Waals surface area contributed by atoms with Crippen LogP contribution in [0.5, 0.6) is 0 Å². The Bertz CT molecular complexity index is 994. The zero-order valence-corrected chi connectivity index (χ0v) is 14.5. The van der Waals surface area contributed by atoms with Gasteiger partial charge in [0.05, 0.1) is 17.4 Å². The fourth-order valence-corrected chi connectivity index (χ4v) is 3.48. The van der Waals surface area contributed by atoms with Crippen LogP contribution in [0.4, 0.5) is 5.69 Å². The first-order chi connectivity index (χ1) is 12.7. The van der Waals surface area contributed by atoms with E-state index in [1.807, 2.05) is 42.5 Å². The SMILES string of the molecule is O=C(CCC(=O)c1ccc2c(c1)CCC2)Nc1cnc2ccccc2c1. The number of hydrogen-bond acceptors (Lipinski definition) is 3. The average Bonchev–Trinajstić information content (AvgIpc) is 3.14. The number of carbonyl (C=O) groups excluding carboxylic acids is 2. The average molecular weight is 344 g/mol. The second kappa shape index (κ2) is 7.08. The van der Waals surface area contributed by atoms with Crippen LogP contribution in [0.15, 0.2) is 54.7 Å². The molecule has 0 spiro atoms. The Hall–Kier alpha value is -3.01. The Morgan fingerprint density at radius 3 is 2.73 bits per heavy atom. The van der Waals surface area contributed by atoms with Gasteiger partial charge in [-0.1, -0.05) is 30.3 Å². The van der Waals surface area contributed by atoms with Crippen molar-refractivity contribution in [2.24, 2.45) is 0 Å². The second-order valence-corrected chi connectivity index (χ2v) is 6.73. The fourth-order valence-electron chi connectivity index (χ4n) is 3.48. The number of anilines is 1. The number of amides is 1. The summed E-state index contributed by atoms with van der Waals surface area (Å²) in [5, 5.41) is 3.80. The van der Waals surface area contributed by atoms with E-state index < -0.39 is 0 Å². The minimum Gasteiger partial charge on any atom is -0.325 e. The van der Waals surface area contributed by atoms with Crippen LogP contribution < -0.4 is 5.32 Å². The molecule has 0 unspecified atom stereocenters. The van der Waals surface area contributed by atoms with Gasteiger partial charge in [0.25, 0.3) is 0 Å². The van der Waals surface area contributed by atoms with Gasteiger partial charge in [0.2, 0.25) is 5.91 Å². The van der Waals surface area contributed by atoms with Gasteiger partial charge in [-0.2, -0.15) is 0 Å². The Morgan fingerprint density at radius 2 is 1.81 bits per heavy atom. The van der Waals surface area contributed by atoms with Crippen molar-refractivity contribution < 1.29 is 9.59 Å². The van der Waals surface area contributed by atoms with Crippen LogP contribution in [0.2, 0.25) is 0 Å². The van der Waals surface area contributed by atoms with E-state index in [9.17, 15) is 9.59 Å². The summed E-state index contributed by atoms with van der Waals surface area (Å²) in [4.78, 5) is 28.9. The van der Waals surface area contributed by atoms with Crippen molar-refractivity contribution in [1.82, 2.24) is 4.98 Å². The number of rotatable bonds is 5. The summed E-state index contributed by atoms with van der Waals surface area (Å²) in [5.41, 5.74) is 4.88.